The molecule has 1 aromatic rings. The number of carbonyl (C=O) groups excluding carboxylic acids is 1. The topological polar surface area (TPSA) is 47.6 Å². The number of hydrogen-bond acceptors (Lipinski definition) is 3. The largest absolute Gasteiger partial charge is 0.497 e. The molecule has 1 aliphatic rings. The number of nitrogens with one attached hydrogen (secondary N) is 1. The van der Waals surface area contributed by atoms with Crippen LogP contribution in [-0.2, 0) is 4.74 Å². The Kier molecular flexibility index (Phi) is 4.11. The van der Waals surface area contributed by atoms with Crippen LogP contribution in [0.4, 0.5) is 13.6 Å². The zero-order chi connectivity index (χ0) is 11.7. The molecule has 2 rings (SSSR count). The molecule has 0 saturated carbocycles. The molecule has 7 heteroatoms. The SMILES string of the molecule is COc1cc(F)c([C@@H]2COC(=O)N2)c(F)c1.Cl. The highest BCUT2D eigenvalue weighted by molar-refractivity contribution is 5.85. The Morgan fingerprint density at radius 1 is 1.41 bits per heavy atom. The van der Waals surface area contributed by atoms with Crippen LogP contribution in [0.25, 0.3) is 0 Å². The summed E-state index contributed by atoms with van der Waals surface area (Å²) in [6, 6.07) is 1.32. The maximum atomic E-state index is 13.6. The highest BCUT2D eigenvalue weighted by atomic mass is 35.5. The third-order valence-corrected chi connectivity index (χ3v) is 2.31. The van der Waals surface area contributed by atoms with Crippen molar-refractivity contribution >= 4 is 18.5 Å². The number of benzene rings is 1. The van der Waals surface area contributed by atoms with E-state index in [1.54, 1.807) is 0 Å². The predicted molar refractivity (Wildman–Crippen MR) is 57.4 cm³/mol. The summed E-state index contributed by atoms with van der Waals surface area (Å²) in [6.07, 6.45) is -0.681. The molecule has 1 amide bonds. The maximum absolute atomic E-state index is 13.6. The molecule has 0 unspecified atom stereocenters. The number of hydrogen-bond donors (Lipinski definition) is 1. The molecule has 1 atom stereocenters. The van der Waals surface area contributed by atoms with Crippen molar-refractivity contribution in [2.45, 2.75) is 6.04 Å². The second kappa shape index (κ2) is 5.18. The number of halogens is 3. The van der Waals surface area contributed by atoms with Crippen molar-refractivity contribution in [2.75, 3.05) is 13.7 Å². The first kappa shape index (κ1) is 13.5. The zero-order valence-corrected chi connectivity index (χ0v) is 9.64. The molecule has 94 valence electrons. The summed E-state index contributed by atoms with van der Waals surface area (Å²) >= 11 is 0. The van der Waals surface area contributed by atoms with Crippen molar-refractivity contribution in [3.63, 3.8) is 0 Å². The molecule has 4 nitrogen and oxygen atoms in total. The molecule has 1 heterocycles. The summed E-state index contributed by atoms with van der Waals surface area (Å²) in [5, 5.41) is 2.31. The number of alkyl carbamates (subject to hydrolysis) is 1. The minimum absolute atomic E-state index is 0. The third-order valence-electron chi connectivity index (χ3n) is 2.31. The van der Waals surface area contributed by atoms with Crippen molar-refractivity contribution < 1.29 is 23.0 Å². The van der Waals surface area contributed by atoms with Crippen molar-refractivity contribution in [1.82, 2.24) is 5.32 Å². The minimum Gasteiger partial charge on any atom is -0.497 e. The van der Waals surface area contributed by atoms with E-state index in [1.165, 1.54) is 7.11 Å². The minimum atomic E-state index is -0.793. The van der Waals surface area contributed by atoms with Gasteiger partial charge in [0.1, 0.15) is 24.0 Å². The first-order valence-corrected chi connectivity index (χ1v) is 4.58. The summed E-state index contributed by atoms with van der Waals surface area (Å²) in [4.78, 5) is 10.8. The summed E-state index contributed by atoms with van der Waals surface area (Å²) in [5.74, 6) is -1.45. The molecule has 1 aromatic carbocycles. The lowest BCUT2D eigenvalue weighted by molar-refractivity contribution is 0.176. The van der Waals surface area contributed by atoms with Crippen LogP contribution in [-0.4, -0.2) is 19.8 Å². The van der Waals surface area contributed by atoms with Gasteiger partial charge in [-0.1, -0.05) is 0 Å². The summed E-state index contributed by atoms with van der Waals surface area (Å²) < 4.78 is 36.4. The Bertz CT molecular complexity index is 419. The van der Waals surface area contributed by atoms with E-state index in [9.17, 15) is 13.6 Å². The lowest BCUT2D eigenvalue weighted by atomic mass is 10.1. The van der Waals surface area contributed by atoms with E-state index >= 15 is 0 Å². The molecule has 0 aromatic heterocycles. The van der Waals surface area contributed by atoms with E-state index in [-0.39, 0.29) is 30.3 Å². The quantitative estimate of drug-likeness (QED) is 0.892. The van der Waals surface area contributed by atoms with Gasteiger partial charge in [0.15, 0.2) is 0 Å². The summed E-state index contributed by atoms with van der Waals surface area (Å²) in [5.41, 5.74) is -0.216. The molecule has 1 N–H and O–H groups in total. The van der Waals surface area contributed by atoms with E-state index in [0.717, 1.165) is 12.1 Å². The number of cyclic esters (lactones) is 1. The number of ether oxygens (including phenoxy) is 2. The van der Waals surface area contributed by atoms with Gasteiger partial charge < -0.3 is 14.8 Å². The number of carbonyl (C=O) groups is 1. The van der Waals surface area contributed by atoms with Gasteiger partial charge in [0, 0.05) is 17.7 Å². The first-order valence-electron chi connectivity index (χ1n) is 4.58. The average Bonchev–Trinajstić information content (AvgIpc) is 2.63. The van der Waals surface area contributed by atoms with Gasteiger partial charge in [-0.2, -0.15) is 0 Å². The van der Waals surface area contributed by atoms with Crippen LogP contribution in [0.5, 0.6) is 5.75 Å². The van der Waals surface area contributed by atoms with Crippen molar-refractivity contribution in [1.29, 1.82) is 0 Å². The van der Waals surface area contributed by atoms with E-state index < -0.39 is 23.8 Å². The monoisotopic (exact) mass is 265 g/mol. The molecule has 0 bridgehead atoms. The van der Waals surface area contributed by atoms with Crippen LogP contribution in [0.15, 0.2) is 12.1 Å². The van der Waals surface area contributed by atoms with Crippen LogP contribution in [0.3, 0.4) is 0 Å². The van der Waals surface area contributed by atoms with Gasteiger partial charge in [0.25, 0.3) is 0 Å². The fourth-order valence-corrected chi connectivity index (χ4v) is 1.55. The van der Waals surface area contributed by atoms with E-state index in [2.05, 4.69) is 10.1 Å². The highest BCUT2D eigenvalue weighted by Crippen LogP contribution is 2.27. The van der Waals surface area contributed by atoms with Gasteiger partial charge in [0.05, 0.1) is 13.2 Å². The Morgan fingerprint density at radius 2 is 2.00 bits per heavy atom. The predicted octanol–water partition coefficient (Wildman–Crippen LogP) is 2.18. The van der Waals surface area contributed by atoms with Crippen molar-refractivity contribution in [3.05, 3.63) is 29.3 Å². The molecule has 0 aliphatic carbocycles. The Balaban J connectivity index is 0.00000144. The number of rotatable bonds is 2. The second-order valence-corrected chi connectivity index (χ2v) is 3.30. The summed E-state index contributed by atoms with van der Waals surface area (Å²) in [6.45, 7) is -0.0843. The average molecular weight is 266 g/mol. The first-order chi connectivity index (χ1) is 7.61. The van der Waals surface area contributed by atoms with Gasteiger partial charge in [0.2, 0.25) is 0 Å². The molecule has 0 spiro atoms. The molecule has 17 heavy (non-hydrogen) atoms. The van der Waals surface area contributed by atoms with E-state index in [0.29, 0.717) is 0 Å². The van der Waals surface area contributed by atoms with Crippen LogP contribution < -0.4 is 10.1 Å². The lowest BCUT2D eigenvalue weighted by Gasteiger charge is -2.11. The molecule has 1 aliphatic heterocycles. The van der Waals surface area contributed by atoms with E-state index in [4.69, 9.17) is 4.74 Å². The zero-order valence-electron chi connectivity index (χ0n) is 8.83. The fourth-order valence-electron chi connectivity index (χ4n) is 1.55. The third kappa shape index (κ3) is 2.58. The van der Waals surface area contributed by atoms with Gasteiger partial charge >= 0.3 is 6.09 Å². The standard InChI is InChI=1S/C10H9F2NO3.ClH/c1-15-5-2-6(11)9(7(12)3-5)8-4-16-10(14)13-8;/h2-3,8H,4H2,1H3,(H,13,14);1H/t8-;/m0./s1. The molecular weight excluding hydrogens is 256 g/mol. The smallest absolute Gasteiger partial charge is 0.407 e. The van der Waals surface area contributed by atoms with Gasteiger partial charge in [-0.05, 0) is 0 Å². The Morgan fingerprint density at radius 3 is 2.41 bits per heavy atom. The van der Waals surface area contributed by atoms with Crippen LogP contribution in [0.1, 0.15) is 11.6 Å². The maximum Gasteiger partial charge on any atom is 0.407 e. The molecule has 1 fully saturated rings. The van der Waals surface area contributed by atoms with Crippen LogP contribution >= 0.6 is 12.4 Å². The van der Waals surface area contributed by atoms with Crippen molar-refractivity contribution in [3.8, 4) is 5.75 Å². The van der Waals surface area contributed by atoms with Gasteiger partial charge in [-0.15, -0.1) is 12.4 Å². The lowest BCUT2D eigenvalue weighted by Crippen LogP contribution is -2.20. The highest BCUT2D eigenvalue weighted by Gasteiger charge is 2.29. The fraction of sp³-hybridized carbons (Fsp3) is 0.300. The van der Waals surface area contributed by atoms with Crippen LogP contribution in [0.2, 0.25) is 0 Å². The van der Waals surface area contributed by atoms with Gasteiger partial charge in [-0.25, -0.2) is 13.6 Å². The van der Waals surface area contributed by atoms with Crippen molar-refractivity contribution in [2.24, 2.45) is 0 Å². The molecule has 1 saturated heterocycles. The second-order valence-electron chi connectivity index (χ2n) is 3.30. The Labute approximate surface area is 102 Å². The number of methoxy groups -OCH3 is 1. The summed E-state index contributed by atoms with van der Waals surface area (Å²) in [7, 11) is 1.31. The molecule has 0 radical (unpaired) electrons. The number of amides is 1. The normalized spacial score (nSPS) is 18.1. The molecular formula is C10H10ClF2NO3. The van der Waals surface area contributed by atoms with Gasteiger partial charge in [-0.3, -0.25) is 0 Å². The van der Waals surface area contributed by atoms with E-state index in [1.807, 2.05) is 0 Å². The Hall–Kier alpha value is -1.56. The van der Waals surface area contributed by atoms with Crippen LogP contribution in [0, 0.1) is 11.6 Å².